The molecule has 0 saturated heterocycles. The van der Waals surface area contributed by atoms with Crippen molar-refractivity contribution in [2.45, 2.75) is 71.8 Å². The molecule has 17 heavy (non-hydrogen) atoms. The van der Waals surface area contributed by atoms with Crippen LogP contribution >= 0.6 is 12.2 Å². The van der Waals surface area contributed by atoms with Gasteiger partial charge in [0, 0.05) is 13.0 Å². The molecule has 3 nitrogen and oxygen atoms in total. The van der Waals surface area contributed by atoms with Crippen molar-refractivity contribution in [3.05, 3.63) is 10.6 Å². The van der Waals surface area contributed by atoms with E-state index in [0.29, 0.717) is 0 Å². The second-order valence-electron chi connectivity index (χ2n) is 4.61. The number of H-pyrrole nitrogens is 1. The van der Waals surface area contributed by atoms with Crippen LogP contribution in [0.25, 0.3) is 0 Å². The summed E-state index contributed by atoms with van der Waals surface area (Å²) in [6.07, 6.45) is 9.96. The second kappa shape index (κ2) is 8.45. The highest BCUT2D eigenvalue weighted by molar-refractivity contribution is 7.71. The number of aromatic nitrogens is 3. The van der Waals surface area contributed by atoms with Crippen LogP contribution in [-0.4, -0.2) is 14.8 Å². The zero-order valence-electron chi connectivity index (χ0n) is 11.2. The molecule has 0 spiro atoms. The molecule has 0 aliphatic rings. The lowest BCUT2D eigenvalue weighted by molar-refractivity contribution is 0.570. The molecular formula is C13H25N3S. The van der Waals surface area contributed by atoms with E-state index in [9.17, 15) is 0 Å². The minimum Gasteiger partial charge on any atom is -0.304 e. The number of aryl methyl sites for hydroxylation is 1. The van der Waals surface area contributed by atoms with Gasteiger partial charge < -0.3 is 4.57 Å². The van der Waals surface area contributed by atoms with Crippen LogP contribution in [0.2, 0.25) is 0 Å². The summed E-state index contributed by atoms with van der Waals surface area (Å²) in [6, 6.07) is 0. The molecule has 1 N–H and O–H groups in total. The molecule has 98 valence electrons. The van der Waals surface area contributed by atoms with E-state index in [4.69, 9.17) is 12.2 Å². The summed E-state index contributed by atoms with van der Waals surface area (Å²) >= 11 is 5.25. The fraction of sp³-hybridized carbons (Fsp3) is 0.846. The number of unbranched alkanes of at least 4 members (excludes halogenated alkanes) is 5. The standard InChI is InChI=1S/C13H25N3S/c1-3-5-7-8-9-10-12-14-15-13(17)16(12)11-6-4-2/h3-11H2,1-2H3,(H,15,17). The molecule has 0 fully saturated rings. The molecule has 0 saturated carbocycles. The maximum absolute atomic E-state index is 5.25. The first-order valence-corrected chi connectivity index (χ1v) is 7.34. The minimum atomic E-state index is 0.780. The lowest BCUT2D eigenvalue weighted by Crippen LogP contribution is -2.04. The Hall–Kier alpha value is -0.640. The Kier molecular flexibility index (Phi) is 7.17. The van der Waals surface area contributed by atoms with Gasteiger partial charge in [0.15, 0.2) is 4.77 Å². The van der Waals surface area contributed by atoms with Gasteiger partial charge in [-0.3, -0.25) is 5.10 Å². The number of nitrogens with one attached hydrogen (secondary N) is 1. The SMILES string of the molecule is CCCCCCCc1n[nH]c(=S)n1CCCC. The summed E-state index contributed by atoms with van der Waals surface area (Å²) in [4.78, 5) is 0. The molecule has 4 heteroatoms. The van der Waals surface area contributed by atoms with Crippen LogP contribution < -0.4 is 0 Å². The van der Waals surface area contributed by atoms with Gasteiger partial charge in [-0.05, 0) is 25.1 Å². The average molecular weight is 255 g/mol. The Labute approximate surface area is 110 Å². The van der Waals surface area contributed by atoms with E-state index in [1.807, 2.05) is 0 Å². The molecule has 1 aromatic rings. The Balaban J connectivity index is 2.39. The van der Waals surface area contributed by atoms with Crippen molar-refractivity contribution in [3.8, 4) is 0 Å². The number of aromatic amines is 1. The number of rotatable bonds is 9. The van der Waals surface area contributed by atoms with Gasteiger partial charge in [0.25, 0.3) is 0 Å². The van der Waals surface area contributed by atoms with Gasteiger partial charge in [-0.2, -0.15) is 5.10 Å². The summed E-state index contributed by atoms with van der Waals surface area (Å²) in [5.41, 5.74) is 0. The first kappa shape index (κ1) is 14.4. The van der Waals surface area contributed by atoms with Crippen molar-refractivity contribution in [1.82, 2.24) is 14.8 Å². The predicted octanol–water partition coefficient (Wildman–Crippen LogP) is 4.25. The van der Waals surface area contributed by atoms with Crippen LogP contribution in [0.3, 0.4) is 0 Å². The van der Waals surface area contributed by atoms with Crippen molar-refractivity contribution >= 4 is 12.2 Å². The van der Waals surface area contributed by atoms with Crippen LogP contribution in [0.15, 0.2) is 0 Å². The summed E-state index contributed by atoms with van der Waals surface area (Å²) in [7, 11) is 0. The van der Waals surface area contributed by atoms with Crippen molar-refractivity contribution < 1.29 is 0 Å². The first-order valence-electron chi connectivity index (χ1n) is 6.93. The number of nitrogens with zero attached hydrogens (tertiary/aromatic N) is 2. The third-order valence-corrected chi connectivity index (χ3v) is 3.39. The highest BCUT2D eigenvalue weighted by Gasteiger charge is 2.04. The summed E-state index contributed by atoms with van der Waals surface area (Å²) in [6.45, 7) is 5.46. The lowest BCUT2D eigenvalue weighted by atomic mass is 10.1. The summed E-state index contributed by atoms with van der Waals surface area (Å²) in [5.74, 6) is 1.14. The van der Waals surface area contributed by atoms with Crippen LogP contribution in [0, 0.1) is 4.77 Å². The molecule has 1 aromatic heterocycles. The molecule has 0 bridgehead atoms. The molecule has 0 aliphatic carbocycles. The van der Waals surface area contributed by atoms with Crippen molar-refractivity contribution in [3.63, 3.8) is 0 Å². The topological polar surface area (TPSA) is 33.6 Å². The fourth-order valence-corrected chi connectivity index (χ4v) is 2.22. The van der Waals surface area contributed by atoms with Gasteiger partial charge in [0.2, 0.25) is 0 Å². The van der Waals surface area contributed by atoms with Gasteiger partial charge in [0.05, 0.1) is 0 Å². The molecule has 0 aliphatic heterocycles. The van der Waals surface area contributed by atoms with Crippen molar-refractivity contribution in [1.29, 1.82) is 0 Å². The maximum Gasteiger partial charge on any atom is 0.195 e. The zero-order chi connectivity index (χ0) is 12.5. The molecule has 0 aromatic carbocycles. The Morgan fingerprint density at radius 3 is 2.47 bits per heavy atom. The van der Waals surface area contributed by atoms with E-state index >= 15 is 0 Å². The normalized spacial score (nSPS) is 10.9. The minimum absolute atomic E-state index is 0.780. The maximum atomic E-state index is 5.25. The van der Waals surface area contributed by atoms with Crippen LogP contribution in [0.4, 0.5) is 0 Å². The van der Waals surface area contributed by atoms with Gasteiger partial charge in [-0.15, -0.1) is 0 Å². The van der Waals surface area contributed by atoms with E-state index in [0.717, 1.165) is 23.6 Å². The van der Waals surface area contributed by atoms with E-state index < -0.39 is 0 Å². The zero-order valence-corrected chi connectivity index (χ0v) is 12.0. The fourth-order valence-electron chi connectivity index (χ4n) is 1.97. The van der Waals surface area contributed by atoms with Gasteiger partial charge in [-0.1, -0.05) is 46.0 Å². The van der Waals surface area contributed by atoms with Gasteiger partial charge in [-0.25, -0.2) is 0 Å². The third-order valence-electron chi connectivity index (χ3n) is 3.08. The Bertz CT molecular complexity index is 354. The lowest BCUT2D eigenvalue weighted by Gasteiger charge is -2.05. The van der Waals surface area contributed by atoms with E-state index in [1.54, 1.807) is 0 Å². The average Bonchev–Trinajstić information content (AvgIpc) is 2.68. The molecule has 1 heterocycles. The predicted molar refractivity (Wildman–Crippen MR) is 74.8 cm³/mol. The van der Waals surface area contributed by atoms with E-state index in [2.05, 4.69) is 28.6 Å². The largest absolute Gasteiger partial charge is 0.304 e. The molecule has 0 atom stereocenters. The van der Waals surface area contributed by atoms with Crippen molar-refractivity contribution in [2.24, 2.45) is 0 Å². The molecule has 0 radical (unpaired) electrons. The molecule has 0 unspecified atom stereocenters. The Morgan fingerprint density at radius 1 is 1.06 bits per heavy atom. The quantitative estimate of drug-likeness (QED) is 0.528. The number of hydrogen-bond donors (Lipinski definition) is 1. The Morgan fingerprint density at radius 2 is 1.76 bits per heavy atom. The van der Waals surface area contributed by atoms with E-state index in [-0.39, 0.29) is 0 Å². The first-order chi connectivity index (χ1) is 8.29. The second-order valence-corrected chi connectivity index (χ2v) is 5.00. The van der Waals surface area contributed by atoms with Crippen molar-refractivity contribution in [2.75, 3.05) is 0 Å². The summed E-state index contributed by atoms with van der Waals surface area (Å²) < 4.78 is 2.94. The van der Waals surface area contributed by atoms with Crippen LogP contribution in [0.5, 0.6) is 0 Å². The smallest absolute Gasteiger partial charge is 0.195 e. The van der Waals surface area contributed by atoms with Gasteiger partial charge in [0.1, 0.15) is 5.82 Å². The van der Waals surface area contributed by atoms with Crippen LogP contribution in [0.1, 0.15) is 64.6 Å². The number of hydrogen-bond acceptors (Lipinski definition) is 2. The molecule has 1 rings (SSSR count). The van der Waals surface area contributed by atoms with Gasteiger partial charge >= 0.3 is 0 Å². The highest BCUT2D eigenvalue weighted by Crippen LogP contribution is 2.08. The van der Waals surface area contributed by atoms with Crippen LogP contribution in [-0.2, 0) is 13.0 Å². The summed E-state index contributed by atoms with van der Waals surface area (Å²) in [5, 5.41) is 7.25. The molecule has 0 amide bonds. The molecular weight excluding hydrogens is 230 g/mol. The monoisotopic (exact) mass is 255 g/mol. The third kappa shape index (κ3) is 5.02. The van der Waals surface area contributed by atoms with E-state index in [1.165, 1.54) is 44.9 Å². The highest BCUT2D eigenvalue weighted by atomic mass is 32.1.